The molecule has 1 aliphatic heterocycles. The van der Waals surface area contributed by atoms with E-state index in [4.69, 9.17) is 0 Å². The van der Waals surface area contributed by atoms with Gasteiger partial charge in [-0.2, -0.15) is 0 Å². The Hall–Kier alpha value is -2.57. The van der Waals surface area contributed by atoms with Gasteiger partial charge in [-0.25, -0.2) is 9.18 Å². The van der Waals surface area contributed by atoms with E-state index in [-0.39, 0.29) is 23.8 Å². The van der Waals surface area contributed by atoms with Gasteiger partial charge in [0.25, 0.3) is 0 Å². The lowest BCUT2D eigenvalue weighted by Gasteiger charge is -2.37. The monoisotopic (exact) mass is 346 g/mol. The molecule has 3 amide bonds. The maximum Gasteiger partial charge on any atom is 0.317 e. The number of fused-ring (bicyclic) bond motifs is 1. The van der Waals surface area contributed by atoms with Gasteiger partial charge in [0, 0.05) is 43.7 Å². The average Bonchev–Trinajstić information content (AvgIpc) is 3.01. The van der Waals surface area contributed by atoms with Gasteiger partial charge in [-0.1, -0.05) is 0 Å². The molecule has 1 aliphatic rings. The number of aromatic nitrogens is 1. The van der Waals surface area contributed by atoms with Gasteiger partial charge in [-0.05, 0) is 37.1 Å². The number of amides is 3. The van der Waals surface area contributed by atoms with Gasteiger partial charge >= 0.3 is 6.03 Å². The third kappa shape index (κ3) is 3.92. The Balaban J connectivity index is 1.58. The van der Waals surface area contributed by atoms with Crippen LogP contribution in [0.15, 0.2) is 24.3 Å². The van der Waals surface area contributed by atoms with Crippen LogP contribution in [0.5, 0.6) is 0 Å². The molecule has 2 heterocycles. The van der Waals surface area contributed by atoms with Crippen molar-refractivity contribution in [1.82, 2.24) is 20.1 Å². The molecule has 0 bridgehead atoms. The molecule has 0 aliphatic carbocycles. The lowest BCUT2D eigenvalue weighted by molar-refractivity contribution is -0.130. The highest BCUT2D eigenvalue weighted by Gasteiger charge is 2.27. The molecule has 3 rings (SSSR count). The first-order valence-corrected chi connectivity index (χ1v) is 8.47. The smallest absolute Gasteiger partial charge is 0.317 e. The Morgan fingerprint density at radius 2 is 2.20 bits per heavy atom. The third-order valence-corrected chi connectivity index (χ3v) is 4.78. The molecule has 7 heteroatoms. The van der Waals surface area contributed by atoms with Crippen molar-refractivity contribution in [3.8, 4) is 0 Å². The number of halogens is 1. The lowest BCUT2D eigenvalue weighted by atomic mass is 10.0. The Morgan fingerprint density at radius 3 is 2.96 bits per heavy atom. The average molecular weight is 346 g/mol. The molecule has 1 atom stereocenters. The summed E-state index contributed by atoms with van der Waals surface area (Å²) in [5, 5.41) is 3.65. The SMILES string of the molecule is CC(=O)N1CCC[C@@H](N(C)C(=O)NCc2cc3cc(F)ccc3[nH]2)C1. The van der Waals surface area contributed by atoms with E-state index in [0.717, 1.165) is 36.0 Å². The summed E-state index contributed by atoms with van der Waals surface area (Å²) < 4.78 is 13.2. The van der Waals surface area contributed by atoms with Crippen molar-refractivity contribution >= 4 is 22.8 Å². The minimum atomic E-state index is -0.283. The molecule has 0 unspecified atom stereocenters. The number of urea groups is 1. The highest BCUT2D eigenvalue weighted by Crippen LogP contribution is 2.17. The molecule has 2 N–H and O–H groups in total. The van der Waals surface area contributed by atoms with Crippen LogP contribution in [-0.2, 0) is 11.3 Å². The molecule has 134 valence electrons. The fourth-order valence-electron chi connectivity index (χ4n) is 3.28. The second-order valence-corrected chi connectivity index (χ2v) is 6.56. The molecule has 1 fully saturated rings. The van der Waals surface area contributed by atoms with Crippen LogP contribution < -0.4 is 5.32 Å². The number of likely N-dealkylation sites (tertiary alicyclic amines) is 1. The van der Waals surface area contributed by atoms with Crippen molar-refractivity contribution in [2.24, 2.45) is 0 Å². The van der Waals surface area contributed by atoms with Crippen molar-refractivity contribution in [3.63, 3.8) is 0 Å². The largest absolute Gasteiger partial charge is 0.357 e. The molecule has 0 spiro atoms. The standard InChI is InChI=1S/C18H23FN4O2/c1-12(24)23-7-3-4-16(11-23)22(2)18(25)20-10-15-9-13-8-14(19)5-6-17(13)21-15/h5-6,8-9,16,21H,3-4,7,10-11H2,1-2H3,(H,20,25)/t16-/m1/s1. The van der Waals surface area contributed by atoms with E-state index < -0.39 is 0 Å². The maximum atomic E-state index is 13.2. The molecule has 0 radical (unpaired) electrons. The van der Waals surface area contributed by atoms with Gasteiger partial charge < -0.3 is 20.1 Å². The van der Waals surface area contributed by atoms with Crippen LogP contribution in [-0.4, -0.2) is 52.9 Å². The van der Waals surface area contributed by atoms with Crippen molar-refractivity contribution < 1.29 is 14.0 Å². The van der Waals surface area contributed by atoms with Crippen LogP contribution in [0, 0.1) is 5.82 Å². The summed E-state index contributed by atoms with van der Waals surface area (Å²) in [6.45, 7) is 3.22. The topological polar surface area (TPSA) is 68.4 Å². The third-order valence-electron chi connectivity index (χ3n) is 4.78. The highest BCUT2D eigenvalue weighted by molar-refractivity contribution is 5.81. The van der Waals surface area contributed by atoms with Gasteiger partial charge in [-0.15, -0.1) is 0 Å². The van der Waals surface area contributed by atoms with Crippen molar-refractivity contribution in [3.05, 3.63) is 35.8 Å². The van der Waals surface area contributed by atoms with E-state index in [2.05, 4.69) is 10.3 Å². The van der Waals surface area contributed by atoms with E-state index in [9.17, 15) is 14.0 Å². The molecule has 6 nitrogen and oxygen atoms in total. The number of hydrogen-bond donors (Lipinski definition) is 2. The minimum Gasteiger partial charge on any atom is -0.357 e. The van der Waals surface area contributed by atoms with Crippen LogP contribution in [0.2, 0.25) is 0 Å². The Morgan fingerprint density at radius 1 is 1.40 bits per heavy atom. The first-order valence-electron chi connectivity index (χ1n) is 8.47. The van der Waals surface area contributed by atoms with Crippen LogP contribution in [0.1, 0.15) is 25.5 Å². The number of rotatable bonds is 3. The summed E-state index contributed by atoms with van der Waals surface area (Å²) in [6.07, 6.45) is 1.79. The number of likely N-dealkylation sites (N-methyl/N-ethyl adjacent to an activating group) is 1. The fourth-order valence-corrected chi connectivity index (χ4v) is 3.28. The first-order chi connectivity index (χ1) is 11.9. The molecule has 1 saturated heterocycles. The summed E-state index contributed by atoms with van der Waals surface area (Å²) in [4.78, 5) is 30.5. The quantitative estimate of drug-likeness (QED) is 0.896. The molecular weight excluding hydrogens is 323 g/mol. The minimum absolute atomic E-state index is 0.0226. The highest BCUT2D eigenvalue weighted by atomic mass is 19.1. The Bertz CT molecular complexity index is 788. The van der Waals surface area contributed by atoms with Crippen molar-refractivity contribution in [1.29, 1.82) is 0 Å². The second kappa shape index (κ2) is 7.13. The molecule has 2 aromatic rings. The van der Waals surface area contributed by atoms with E-state index in [1.165, 1.54) is 12.1 Å². The number of hydrogen-bond acceptors (Lipinski definition) is 2. The van der Waals surface area contributed by atoms with Gasteiger partial charge in [0.15, 0.2) is 0 Å². The van der Waals surface area contributed by atoms with Gasteiger partial charge in [0.2, 0.25) is 5.91 Å². The van der Waals surface area contributed by atoms with Crippen LogP contribution in [0.3, 0.4) is 0 Å². The molecule has 25 heavy (non-hydrogen) atoms. The fraction of sp³-hybridized carbons (Fsp3) is 0.444. The lowest BCUT2D eigenvalue weighted by Crippen LogP contribution is -2.52. The number of carbonyl (C=O) groups is 2. The zero-order chi connectivity index (χ0) is 18.0. The van der Waals surface area contributed by atoms with Gasteiger partial charge in [0.1, 0.15) is 5.82 Å². The van der Waals surface area contributed by atoms with E-state index in [0.29, 0.717) is 13.1 Å². The number of piperidine rings is 1. The molecular formula is C18H23FN4O2. The normalized spacial score (nSPS) is 17.6. The summed E-state index contributed by atoms with van der Waals surface area (Å²) in [7, 11) is 1.75. The molecule has 1 aromatic heterocycles. The van der Waals surface area contributed by atoms with E-state index in [1.54, 1.807) is 29.8 Å². The van der Waals surface area contributed by atoms with E-state index in [1.807, 2.05) is 6.07 Å². The number of carbonyl (C=O) groups excluding carboxylic acids is 2. The zero-order valence-corrected chi connectivity index (χ0v) is 14.5. The van der Waals surface area contributed by atoms with Crippen molar-refractivity contribution in [2.75, 3.05) is 20.1 Å². The number of benzene rings is 1. The van der Waals surface area contributed by atoms with Crippen molar-refractivity contribution in [2.45, 2.75) is 32.4 Å². The summed E-state index contributed by atoms with van der Waals surface area (Å²) in [6, 6.07) is 6.22. The molecule has 1 aromatic carbocycles. The summed E-state index contributed by atoms with van der Waals surface area (Å²) >= 11 is 0. The maximum absolute atomic E-state index is 13.2. The molecule has 0 saturated carbocycles. The van der Waals surface area contributed by atoms with Crippen LogP contribution >= 0.6 is 0 Å². The zero-order valence-electron chi connectivity index (χ0n) is 14.5. The predicted octanol–water partition coefficient (Wildman–Crippen LogP) is 2.46. The number of aromatic amines is 1. The van der Waals surface area contributed by atoms with Gasteiger partial charge in [-0.3, -0.25) is 4.79 Å². The van der Waals surface area contributed by atoms with Crippen LogP contribution in [0.25, 0.3) is 10.9 Å². The first kappa shape index (κ1) is 17.3. The predicted molar refractivity (Wildman–Crippen MR) is 93.5 cm³/mol. The summed E-state index contributed by atoms with van der Waals surface area (Å²) in [5.41, 5.74) is 1.65. The van der Waals surface area contributed by atoms with Crippen LogP contribution in [0.4, 0.5) is 9.18 Å². The Kier molecular flexibility index (Phi) is 4.92. The van der Waals surface area contributed by atoms with E-state index >= 15 is 0 Å². The summed E-state index contributed by atoms with van der Waals surface area (Å²) in [5.74, 6) is -0.238. The number of H-pyrrole nitrogens is 1. The number of nitrogens with one attached hydrogen (secondary N) is 2. The second-order valence-electron chi connectivity index (χ2n) is 6.56. The Labute approximate surface area is 146 Å². The number of nitrogens with zero attached hydrogens (tertiary/aromatic N) is 2. The van der Waals surface area contributed by atoms with Gasteiger partial charge in [0.05, 0.1) is 12.6 Å².